The van der Waals surface area contributed by atoms with Crippen molar-refractivity contribution in [3.63, 3.8) is 0 Å². The van der Waals surface area contributed by atoms with Gasteiger partial charge in [0.05, 0.1) is 19.3 Å². The summed E-state index contributed by atoms with van der Waals surface area (Å²) in [5.41, 5.74) is -1.98. The highest BCUT2D eigenvalue weighted by molar-refractivity contribution is 5.73. The van der Waals surface area contributed by atoms with Gasteiger partial charge in [-0.25, -0.2) is 0 Å². The minimum atomic E-state index is -1.98. The monoisotopic (exact) mass is 655 g/mol. The van der Waals surface area contributed by atoms with E-state index in [9.17, 15) is 45.6 Å². The van der Waals surface area contributed by atoms with Crippen LogP contribution in [0.3, 0.4) is 0 Å². The van der Waals surface area contributed by atoms with Crippen molar-refractivity contribution in [1.29, 1.82) is 0 Å². The van der Waals surface area contributed by atoms with Gasteiger partial charge in [-0.2, -0.15) is 0 Å². The van der Waals surface area contributed by atoms with Crippen LogP contribution in [0.4, 0.5) is 0 Å². The van der Waals surface area contributed by atoms with Crippen LogP contribution >= 0.6 is 0 Å². The van der Waals surface area contributed by atoms with Crippen molar-refractivity contribution in [3.8, 4) is 0 Å². The van der Waals surface area contributed by atoms with Gasteiger partial charge in [0, 0.05) is 13.5 Å². The lowest BCUT2D eigenvalue weighted by Crippen LogP contribution is -2.73. The van der Waals surface area contributed by atoms with Crippen LogP contribution in [0.2, 0.25) is 0 Å². The number of nitrogens with one attached hydrogen (secondary N) is 1. The number of aliphatic hydroxyl groups is 8. The summed E-state index contributed by atoms with van der Waals surface area (Å²) in [6.07, 6.45) is -13.6. The van der Waals surface area contributed by atoms with Crippen molar-refractivity contribution in [2.45, 2.75) is 158 Å². The number of ether oxygens (including phenoxy) is 6. The van der Waals surface area contributed by atoms with E-state index in [0.717, 1.165) is 32.1 Å². The smallest absolute Gasteiger partial charge is 0.217 e. The fourth-order valence-electron chi connectivity index (χ4n) is 5.90. The Kier molecular flexibility index (Phi) is 14.8. The molecule has 0 aromatic rings. The first-order valence-corrected chi connectivity index (χ1v) is 15.8. The van der Waals surface area contributed by atoms with Gasteiger partial charge in [-0.3, -0.25) is 4.79 Å². The lowest BCUT2D eigenvalue weighted by atomic mass is 9.84. The van der Waals surface area contributed by atoms with Crippen LogP contribution in [0.1, 0.15) is 66.2 Å². The zero-order valence-corrected chi connectivity index (χ0v) is 26.4. The van der Waals surface area contributed by atoms with Crippen molar-refractivity contribution in [3.05, 3.63) is 0 Å². The number of hydrogen-bond donors (Lipinski definition) is 9. The predicted octanol–water partition coefficient (Wildman–Crippen LogP) is -2.63. The van der Waals surface area contributed by atoms with E-state index in [2.05, 4.69) is 12.2 Å². The first-order chi connectivity index (χ1) is 21.3. The van der Waals surface area contributed by atoms with Crippen molar-refractivity contribution in [2.24, 2.45) is 0 Å². The van der Waals surface area contributed by atoms with Crippen LogP contribution in [-0.2, 0) is 33.2 Å². The highest BCUT2D eigenvalue weighted by Crippen LogP contribution is 2.40. The highest BCUT2D eigenvalue weighted by Gasteiger charge is 2.60. The minimum Gasteiger partial charge on any atom is -0.394 e. The molecule has 3 aliphatic heterocycles. The highest BCUT2D eigenvalue weighted by atomic mass is 16.8. The molecule has 0 aromatic heterocycles. The third-order valence-electron chi connectivity index (χ3n) is 8.73. The molecular weight excluding hydrogens is 602 g/mol. The van der Waals surface area contributed by atoms with Crippen molar-refractivity contribution in [2.75, 3.05) is 19.8 Å². The zero-order chi connectivity index (χ0) is 33.5. The summed E-state index contributed by atoms with van der Waals surface area (Å²) in [6.45, 7) is 4.89. The molecule has 0 aliphatic carbocycles. The largest absolute Gasteiger partial charge is 0.394 e. The lowest BCUT2D eigenvalue weighted by molar-refractivity contribution is -0.409. The molecular formula is C29H53NO15. The Morgan fingerprint density at radius 2 is 1.40 bits per heavy atom. The Morgan fingerprint density at radius 3 is 2.02 bits per heavy atom. The Balaban J connectivity index is 1.96. The van der Waals surface area contributed by atoms with E-state index < -0.39 is 111 Å². The normalized spacial score (nSPS) is 44.1. The molecule has 0 aromatic carbocycles. The number of rotatable bonds is 15. The topological polar surface area (TPSA) is 246 Å². The predicted molar refractivity (Wildman–Crippen MR) is 153 cm³/mol. The maximum absolute atomic E-state index is 12.0. The molecule has 3 fully saturated rings. The number of unbranched alkanes of at least 4 members (excludes halogenated alkanes) is 5. The summed E-state index contributed by atoms with van der Waals surface area (Å²) in [5, 5.41) is 86.5. The number of carbonyl (C=O) groups excluding carboxylic acids is 1. The number of amides is 1. The molecule has 0 unspecified atom stereocenters. The molecule has 45 heavy (non-hydrogen) atoms. The summed E-state index contributed by atoms with van der Waals surface area (Å²) >= 11 is 0. The SMILES string of the molecule is CCCCCCCCO[C@@H]1O[C@H](CO)[C@H](O)[C@](C)(O[C@H]2O[C@H](CO)[C@H](O)[C@H](O)[C@H]2NC(C)=O)[C@H]1O[C@@H]1O[C@@H](C)[C@@H](O)[C@@H](O)[C@@H]1O. The molecule has 0 bridgehead atoms. The van der Waals surface area contributed by atoms with Gasteiger partial charge in [0.2, 0.25) is 5.91 Å². The molecule has 0 saturated carbocycles. The van der Waals surface area contributed by atoms with Crippen molar-refractivity contribution < 1.29 is 74.1 Å². The summed E-state index contributed by atoms with van der Waals surface area (Å²) in [6, 6.07) is -1.39. The quantitative estimate of drug-likeness (QED) is 0.0820. The molecule has 0 spiro atoms. The third-order valence-corrected chi connectivity index (χ3v) is 8.73. The second-order valence-corrected chi connectivity index (χ2v) is 12.3. The van der Waals surface area contributed by atoms with Gasteiger partial charge in [0.1, 0.15) is 66.6 Å². The fourth-order valence-corrected chi connectivity index (χ4v) is 5.90. The minimum absolute atomic E-state index is 0.179. The van der Waals surface area contributed by atoms with E-state index in [1.54, 1.807) is 0 Å². The maximum Gasteiger partial charge on any atom is 0.217 e. The van der Waals surface area contributed by atoms with Crippen molar-refractivity contribution >= 4 is 5.91 Å². The Labute approximate surface area is 263 Å². The van der Waals surface area contributed by atoms with Crippen LogP contribution in [0.15, 0.2) is 0 Å². The molecule has 15 atom stereocenters. The summed E-state index contributed by atoms with van der Waals surface area (Å²) in [5.74, 6) is -0.606. The van der Waals surface area contributed by atoms with E-state index in [4.69, 9.17) is 28.4 Å². The summed E-state index contributed by atoms with van der Waals surface area (Å²) in [4.78, 5) is 12.0. The molecule has 3 saturated heterocycles. The van der Waals surface area contributed by atoms with Gasteiger partial charge < -0.3 is 74.6 Å². The van der Waals surface area contributed by atoms with E-state index >= 15 is 0 Å². The second kappa shape index (κ2) is 17.3. The van der Waals surface area contributed by atoms with Crippen LogP contribution in [0.5, 0.6) is 0 Å². The van der Waals surface area contributed by atoms with Crippen LogP contribution < -0.4 is 5.32 Å². The van der Waals surface area contributed by atoms with Gasteiger partial charge in [-0.05, 0) is 20.3 Å². The van der Waals surface area contributed by atoms with Crippen LogP contribution in [0, 0.1) is 0 Å². The van der Waals surface area contributed by atoms with Crippen molar-refractivity contribution in [1.82, 2.24) is 5.32 Å². The molecule has 0 radical (unpaired) electrons. The Hall–Kier alpha value is -1.09. The standard InChI is InChI=1S/C29H53NO15/c1-5-6-7-8-9-10-11-40-28-25(44-27-23(38)22(37)19(34)14(2)41-27)29(4,24(39)17(13-32)43-28)45-26-18(30-15(3)33)21(36)20(35)16(12-31)42-26/h14,16-28,31-32,34-39H,5-13H2,1-4H3,(H,30,33)/t14-,16+,17+,18+,19+,20-,21+,22+,23-,24-,25-,26+,27-,28+,29-/m0/s1. The van der Waals surface area contributed by atoms with Gasteiger partial charge in [-0.1, -0.05) is 39.0 Å². The number of carbonyl (C=O) groups is 1. The van der Waals surface area contributed by atoms with Gasteiger partial charge in [0.15, 0.2) is 18.9 Å². The van der Waals surface area contributed by atoms with E-state index in [-0.39, 0.29) is 6.61 Å². The average Bonchev–Trinajstić information content (AvgIpc) is 3.00. The van der Waals surface area contributed by atoms with Crippen LogP contribution in [0.25, 0.3) is 0 Å². The van der Waals surface area contributed by atoms with E-state index in [1.807, 2.05) is 0 Å². The number of hydrogen-bond acceptors (Lipinski definition) is 15. The van der Waals surface area contributed by atoms with E-state index in [0.29, 0.717) is 6.42 Å². The molecule has 264 valence electrons. The van der Waals surface area contributed by atoms with Gasteiger partial charge in [-0.15, -0.1) is 0 Å². The first-order valence-electron chi connectivity index (χ1n) is 15.8. The number of aliphatic hydroxyl groups excluding tert-OH is 8. The van der Waals surface area contributed by atoms with E-state index in [1.165, 1.54) is 20.8 Å². The molecule has 3 rings (SSSR count). The average molecular weight is 656 g/mol. The molecule has 16 heteroatoms. The lowest BCUT2D eigenvalue weighted by Gasteiger charge is -2.54. The Morgan fingerprint density at radius 1 is 0.778 bits per heavy atom. The molecule has 16 nitrogen and oxygen atoms in total. The van der Waals surface area contributed by atoms with Crippen LogP contribution in [-0.4, -0.2) is 158 Å². The Bertz CT molecular complexity index is 902. The van der Waals surface area contributed by atoms with Gasteiger partial charge in [0.25, 0.3) is 0 Å². The summed E-state index contributed by atoms with van der Waals surface area (Å²) < 4.78 is 35.8. The zero-order valence-electron chi connectivity index (χ0n) is 26.4. The second-order valence-electron chi connectivity index (χ2n) is 12.3. The molecule has 3 aliphatic rings. The first kappa shape index (κ1) is 38.4. The maximum atomic E-state index is 12.0. The molecule has 1 amide bonds. The molecule has 9 N–H and O–H groups in total. The third kappa shape index (κ3) is 9.08. The van der Waals surface area contributed by atoms with Gasteiger partial charge >= 0.3 is 0 Å². The summed E-state index contributed by atoms with van der Waals surface area (Å²) in [7, 11) is 0. The molecule has 3 heterocycles. The fraction of sp³-hybridized carbons (Fsp3) is 0.966.